The number of furan rings is 1. The highest BCUT2D eigenvalue weighted by molar-refractivity contribution is 7.98. The van der Waals surface area contributed by atoms with Crippen LogP contribution in [0, 0.1) is 0 Å². The van der Waals surface area contributed by atoms with Gasteiger partial charge >= 0.3 is 0 Å². The maximum Gasteiger partial charge on any atom is 0.113 e. The summed E-state index contributed by atoms with van der Waals surface area (Å²) in [7, 11) is 0. The molecule has 1 N–H and O–H groups in total. The Hall–Kier alpha value is -0.410. The van der Waals surface area contributed by atoms with E-state index in [1.54, 1.807) is 6.26 Å². The molecule has 0 saturated carbocycles. The minimum absolute atomic E-state index is 0.629. The van der Waals surface area contributed by atoms with E-state index in [9.17, 15) is 0 Å². The quantitative estimate of drug-likeness (QED) is 0.705. The molecule has 1 unspecified atom stereocenters. The second kappa shape index (κ2) is 6.96. The van der Waals surface area contributed by atoms with Crippen molar-refractivity contribution >= 4 is 11.8 Å². The van der Waals surface area contributed by atoms with Crippen LogP contribution < -0.4 is 5.32 Å². The first-order valence-electron chi connectivity index (χ1n) is 5.16. The van der Waals surface area contributed by atoms with Gasteiger partial charge < -0.3 is 9.73 Å². The fourth-order valence-electron chi connectivity index (χ4n) is 1.28. The van der Waals surface area contributed by atoms with Gasteiger partial charge in [0, 0.05) is 6.04 Å². The van der Waals surface area contributed by atoms with Crippen molar-refractivity contribution in [3.05, 3.63) is 24.2 Å². The predicted octanol–water partition coefficient (Wildman–Crippen LogP) is 2.90. The van der Waals surface area contributed by atoms with Crippen LogP contribution in [-0.2, 0) is 5.75 Å². The van der Waals surface area contributed by atoms with Gasteiger partial charge in [-0.3, -0.25) is 0 Å². The van der Waals surface area contributed by atoms with Gasteiger partial charge in [0.1, 0.15) is 5.76 Å². The number of hydrogen-bond donors (Lipinski definition) is 1. The molecule has 1 rings (SSSR count). The molecule has 1 aromatic heterocycles. The fraction of sp³-hybridized carbons (Fsp3) is 0.636. The Bertz CT molecular complexity index is 223. The summed E-state index contributed by atoms with van der Waals surface area (Å²) in [5.41, 5.74) is 0. The van der Waals surface area contributed by atoms with E-state index in [0.29, 0.717) is 6.04 Å². The average molecular weight is 213 g/mol. The van der Waals surface area contributed by atoms with Gasteiger partial charge in [0.05, 0.1) is 12.0 Å². The molecule has 0 aliphatic heterocycles. The summed E-state index contributed by atoms with van der Waals surface area (Å²) >= 11 is 1.93. The van der Waals surface area contributed by atoms with Gasteiger partial charge in [-0.15, -0.1) is 0 Å². The Morgan fingerprint density at radius 2 is 2.43 bits per heavy atom. The van der Waals surface area contributed by atoms with Crippen LogP contribution in [0.2, 0.25) is 0 Å². The second-order valence-electron chi connectivity index (χ2n) is 3.38. The van der Waals surface area contributed by atoms with Crippen LogP contribution in [0.3, 0.4) is 0 Å². The number of thioether (sulfide) groups is 1. The van der Waals surface area contributed by atoms with Crippen molar-refractivity contribution in [3.8, 4) is 0 Å². The number of nitrogens with one attached hydrogen (secondary N) is 1. The minimum Gasteiger partial charge on any atom is -0.468 e. The fourth-order valence-corrected chi connectivity index (χ4v) is 2.31. The van der Waals surface area contributed by atoms with Crippen LogP contribution in [0.15, 0.2) is 22.8 Å². The third kappa shape index (κ3) is 4.72. The Labute approximate surface area is 90.5 Å². The van der Waals surface area contributed by atoms with Crippen LogP contribution in [0.1, 0.15) is 26.0 Å². The topological polar surface area (TPSA) is 25.2 Å². The van der Waals surface area contributed by atoms with E-state index in [4.69, 9.17) is 4.42 Å². The lowest BCUT2D eigenvalue weighted by Crippen LogP contribution is -2.25. The summed E-state index contributed by atoms with van der Waals surface area (Å²) in [6, 6.07) is 4.60. The highest BCUT2D eigenvalue weighted by Gasteiger charge is 2.00. The lowest BCUT2D eigenvalue weighted by atomic mass is 10.3. The normalized spacial score (nSPS) is 13.0. The standard InChI is InChI=1S/C11H19NOS/c1-3-12-10(2)6-8-14-9-11-5-4-7-13-11/h4-5,7,10,12H,3,6,8-9H2,1-2H3. The third-order valence-corrected chi connectivity index (χ3v) is 3.09. The largest absolute Gasteiger partial charge is 0.468 e. The summed E-state index contributed by atoms with van der Waals surface area (Å²) in [4.78, 5) is 0. The molecule has 0 saturated heterocycles. The van der Waals surface area contributed by atoms with Gasteiger partial charge in [-0.2, -0.15) is 11.8 Å². The van der Waals surface area contributed by atoms with Gasteiger partial charge in [0.2, 0.25) is 0 Å². The molecular formula is C11H19NOS. The Morgan fingerprint density at radius 1 is 1.57 bits per heavy atom. The van der Waals surface area contributed by atoms with Gasteiger partial charge in [-0.25, -0.2) is 0 Å². The van der Waals surface area contributed by atoms with Gasteiger partial charge in [0.15, 0.2) is 0 Å². The monoisotopic (exact) mass is 213 g/mol. The van der Waals surface area contributed by atoms with Crippen molar-refractivity contribution in [2.24, 2.45) is 0 Å². The lowest BCUT2D eigenvalue weighted by Gasteiger charge is -2.10. The van der Waals surface area contributed by atoms with Crippen LogP contribution in [0.4, 0.5) is 0 Å². The minimum atomic E-state index is 0.629. The Kier molecular flexibility index (Phi) is 5.80. The molecule has 1 heterocycles. The highest BCUT2D eigenvalue weighted by atomic mass is 32.2. The van der Waals surface area contributed by atoms with Crippen LogP contribution in [0.25, 0.3) is 0 Å². The zero-order valence-corrected chi connectivity index (χ0v) is 9.77. The van der Waals surface area contributed by atoms with E-state index in [-0.39, 0.29) is 0 Å². The molecule has 0 spiro atoms. The molecule has 0 bridgehead atoms. The lowest BCUT2D eigenvalue weighted by molar-refractivity contribution is 0.529. The summed E-state index contributed by atoms with van der Waals surface area (Å²) < 4.78 is 5.25. The number of hydrogen-bond acceptors (Lipinski definition) is 3. The molecule has 0 aliphatic rings. The molecule has 0 aliphatic carbocycles. The SMILES string of the molecule is CCNC(C)CCSCc1ccco1. The maximum atomic E-state index is 5.25. The molecule has 1 atom stereocenters. The first-order valence-corrected chi connectivity index (χ1v) is 6.32. The van der Waals surface area contributed by atoms with E-state index in [2.05, 4.69) is 19.2 Å². The molecule has 3 heteroatoms. The van der Waals surface area contributed by atoms with Crippen molar-refractivity contribution in [3.63, 3.8) is 0 Å². The molecule has 1 aromatic rings. The Balaban J connectivity index is 1.99. The predicted molar refractivity (Wildman–Crippen MR) is 62.6 cm³/mol. The van der Waals surface area contributed by atoms with Crippen molar-refractivity contribution in [1.29, 1.82) is 0 Å². The van der Waals surface area contributed by atoms with Crippen molar-refractivity contribution in [1.82, 2.24) is 5.32 Å². The third-order valence-electron chi connectivity index (χ3n) is 2.07. The van der Waals surface area contributed by atoms with E-state index < -0.39 is 0 Å². The van der Waals surface area contributed by atoms with Gasteiger partial charge in [-0.05, 0) is 37.8 Å². The zero-order chi connectivity index (χ0) is 10.2. The van der Waals surface area contributed by atoms with Gasteiger partial charge in [-0.1, -0.05) is 6.92 Å². The summed E-state index contributed by atoms with van der Waals surface area (Å²) in [6.07, 6.45) is 2.95. The van der Waals surface area contributed by atoms with Crippen LogP contribution in [0.5, 0.6) is 0 Å². The first kappa shape index (κ1) is 11.7. The van der Waals surface area contributed by atoms with Crippen LogP contribution >= 0.6 is 11.8 Å². The Morgan fingerprint density at radius 3 is 3.07 bits per heavy atom. The maximum absolute atomic E-state index is 5.25. The van der Waals surface area contributed by atoms with E-state index in [0.717, 1.165) is 18.1 Å². The molecule has 0 radical (unpaired) electrons. The summed E-state index contributed by atoms with van der Waals surface area (Å²) in [6.45, 7) is 5.44. The second-order valence-corrected chi connectivity index (χ2v) is 4.48. The molecule has 0 aromatic carbocycles. The van der Waals surface area contributed by atoms with E-state index in [1.165, 1.54) is 12.2 Å². The molecule has 0 fully saturated rings. The van der Waals surface area contributed by atoms with E-state index >= 15 is 0 Å². The number of rotatable bonds is 7. The average Bonchev–Trinajstić information content (AvgIpc) is 2.65. The van der Waals surface area contributed by atoms with Crippen molar-refractivity contribution in [2.75, 3.05) is 12.3 Å². The zero-order valence-electron chi connectivity index (χ0n) is 8.95. The highest BCUT2D eigenvalue weighted by Crippen LogP contribution is 2.13. The van der Waals surface area contributed by atoms with E-state index in [1.807, 2.05) is 23.9 Å². The first-order chi connectivity index (χ1) is 6.83. The smallest absolute Gasteiger partial charge is 0.113 e. The molecule has 14 heavy (non-hydrogen) atoms. The summed E-state index contributed by atoms with van der Waals surface area (Å²) in [5.74, 6) is 3.26. The van der Waals surface area contributed by atoms with Crippen molar-refractivity contribution < 1.29 is 4.42 Å². The molecular weight excluding hydrogens is 194 g/mol. The summed E-state index contributed by atoms with van der Waals surface area (Å²) in [5, 5.41) is 3.40. The molecule has 2 nitrogen and oxygen atoms in total. The molecule has 80 valence electrons. The van der Waals surface area contributed by atoms with Crippen molar-refractivity contribution in [2.45, 2.75) is 32.1 Å². The van der Waals surface area contributed by atoms with Crippen LogP contribution in [-0.4, -0.2) is 18.3 Å². The van der Waals surface area contributed by atoms with Gasteiger partial charge in [0.25, 0.3) is 0 Å². The molecule has 0 amide bonds.